The van der Waals surface area contributed by atoms with Crippen LogP contribution in [0, 0.1) is 0 Å². The summed E-state index contributed by atoms with van der Waals surface area (Å²) in [5.41, 5.74) is 2.53. The molecule has 5 rings (SSSR count). The van der Waals surface area contributed by atoms with Crippen LogP contribution in [0.15, 0.2) is 150 Å². The van der Waals surface area contributed by atoms with E-state index < -0.39 is 23.8 Å². The summed E-state index contributed by atoms with van der Waals surface area (Å²) in [6.07, 6.45) is -3.15. The Kier molecular flexibility index (Phi) is 7.15. The molecule has 0 spiro atoms. The number of hydrogen-bond donors (Lipinski definition) is 0. The maximum atomic E-state index is 15.3. The molecule has 5 aromatic carbocycles. The summed E-state index contributed by atoms with van der Waals surface area (Å²) in [6, 6.07) is 44.9. The van der Waals surface area contributed by atoms with E-state index >= 15 is 13.2 Å². The Morgan fingerprint density at radius 3 is 1.19 bits per heavy atom. The van der Waals surface area contributed by atoms with E-state index in [1.165, 1.54) is 6.08 Å². The Balaban J connectivity index is 1.79. The average Bonchev–Trinajstić information content (AvgIpc) is 2.95. The molecule has 0 N–H and O–H groups in total. The molecule has 0 aliphatic rings. The van der Waals surface area contributed by atoms with Gasteiger partial charge in [0.05, 0.1) is 0 Å². The van der Waals surface area contributed by atoms with E-state index in [4.69, 9.17) is 0 Å². The van der Waals surface area contributed by atoms with Crippen LogP contribution < -0.4 is 13.2 Å². The second kappa shape index (κ2) is 10.7. The van der Waals surface area contributed by atoms with Crippen LogP contribution in [-0.4, -0.2) is 19.4 Å². The van der Waals surface area contributed by atoms with Crippen molar-refractivity contribution in [2.45, 2.75) is 6.18 Å². The van der Waals surface area contributed by atoms with E-state index in [0.717, 1.165) is 24.3 Å². The molecule has 0 aliphatic carbocycles. The Hall–Kier alpha value is -3.83. The van der Waals surface area contributed by atoms with Gasteiger partial charge in [-0.15, -0.1) is 0 Å². The first-order valence-corrected chi connectivity index (χ1v) is 16.3. The second-order valence-corrected chi connectivity index (χ2v) is 16.8. The molecular formula is C33H25F3Ge. The van der Waals surface area contributed by atoms with Gasteiger partial charge in [0, 0.05) is 0 Å². The summed E-state index contributed by atoms with van der Waals surface area (Å²) >= 11 is -4.46. The van der Waals surface area contributed by atoms with E-state index in [-0.39, 0.29) is 0 Å². The summed E-state index contributed by atoms with van der Waals surface area (Å²) < 4.78 is 47.6. The van der Waals surface area contributed by atoms with Gasteiger partial charge in [-0.1, -0.05) is 0 Å². The SMILES string of the molecule is FC(F)(F)/[C](=C/c1ccc(-c2ccccc2)cc1)[Ge]([c]1ccccc1)([c]1ccccc1)[c]1ccccc1. The fourth-order valence-corrected chi connectivity index (χ4v) is 15.1. The van der Waals surface area contributed by atoms with Gasteiger partial charge >= 0.3 is 219 Å². The molecule has 0 unspecified atom stereocenters. The molecule has 0 fully saturated rings. The molecule has 0 atom stereocenters. The maximum absolute atomic E-state index is 15.3. The minimum absolute atomic E-state index is 0.455. The van der Waals surface area contributed by atoms with Crippen LogP contribution in [0.3, 0.4) is 0 Å². The molecule has 0 amide bonds. The summed E-state index contributed by atoms with van der Waals surface area (Å²) in [5.74, 6) is 0. The van der Waals surface area contributed by atoms with Crippen molar-refractivity contribution >= 4 is 32.5 Å². The third kappa shape index (κ3) is 5.05. The van der Waals surface area contributed by atoms with Crippen molar-refractivity contribution in [2.24, 2.45) is 0 Å². The van der Waals surface area contributed by atoms with Crippen LogP contribution in [-0.2, 0) is 0 Å². The Morgan fingerprint density at radius 1 is 0.459 bits per heavy atom. The molecular weight excluding hydrogens is 526 g/mol. The number of alkyl halides is 3. The zero-order valence-corrected chi connectivity index (χ0v) is 22.2. The summed E-state index contributed by atoms with van der Waals surface area (Å²) in [7, 11) is 0. The van der Waals surface area contributed by atoms with Crippen molar-refractivity contribution in [3.8, 4) is 11.1 Å². The number of benzene rings is 5. The Morgan fingerprint density at radius 2 is 0.811 bits per heavy atom. The van der Waals surface area contributed by atoms with E-state index in [2.05, 4.69) is 0 Å². The fourth-order valence-electron chi connectivity index (χ4n) is 5.00. The first-order valence-electron chi connectivity index (χ1n) is 12.1. The summed E-state index contributed by atoms with van der Waals surface area (Å²) in [4.78, 5) is 0. The molecule has 182 valence electrons. The van der Waals surface area contributed by atoms with Gasteiger partial charge in [-0.05, 0) is 0 Å². The molecule has 5 aromatic rings. The number of allylic oxidation sites excluding steroid dienone is 1. The molecule has 37 heavy (non-hydrogen) atoms. The van der Waals surface area contributed by atoms with Crippen molar-refractivity contribution in [2.75, 3.05) is 0 Å². The quantitative estimate of drug-likeness (QED) is 0.199. The molecule has 0 saturated carbocycles. The van der Waals surface area contributed by atoms with E-state index in [1.54, 1.807) is 12.1 Å². The molecule has 0 heterocycles. The third-order valence-electron chi connectivity index (χ3n) is 6.66. The Labute approximate surface area is 218 Å². The molecule has 4 heteroatoms. The fraction of sp³-hybridized carbons (Fsp3) is 0.0303. The van der Waals surface area contributed by atoms with E-state index in [1.807, 2.05) is 133 Å². The predicted octanol–water partition coefficient (Wildman–Crippen LogP) is 7.01. The predicted molar refractivity (Wildman–Crippen MR) is 150 cm³/mol. The summed E-state index contributed by atoms with van der Waals surface area (Å²) in [5, 5.41) is 0. The van der Waals surface area contributed by atoms with Crippen LogP contribution in [0.5, 0.6) is 0 Å². The van der Waals surface area contributed by atoms with Crippen LogP contribution >= 0.6 is 0 Å². The van der Waals surface area contributed by atoms with Gasteiger partial charge in [-0.3, -0.25) is 0 Å². The van der Waals surface area contributed by atoms with Crippen LogP contribution in [0.2, 0.25) is 0 Å². The Bertz CT molecular complexity index is 1360. The van der Waals surface area contributed by atoms with Crippen molar-refractivity contribution in [1.29, 1.82) is 0 Å². The van der Waals surface area contributed by atoms with Crippen LogP contribution in [0.4, 0.5) is 13.2 Å². The monoisotopic (exact) mass is 552 g/mol. The number of rotatable bonds is 6. The minimum atomic E-state index is -4.53. The van der Waals surface area contributed by atoms with Gasteiger partial charge in [-0.25, -0.2) is 0 Å². The zero-order chi connectivity index (χ0) is 25.7. The molecule has 0 saturated heterocycles. The first kappa shape index (κ1) is 24.8. The average molecular weight is 551 g/mol. The van der Waals surface area contributed by atoms with Gasteiger partial charge in [0.1, 0.15) is 0 Å². The van der Waals surface area contributed by atoms with Gasteiger partial charge in [-0.2, -0.15) is 0 Å². The van der Waals surface area contributed by atoms with Gasteiger partial charge in [0.2, 0.25) is 0 Å². The molecule has 0 aliphatic heterocycles. The first-order chi connectivity index (χ1) is 18.0. The molecule has 0 bridgehead atoms. The standard InChI is InChI=1S/C33H25F3Ge/c34-33(35,36)32(25-26-21-23-28(24-22-26)27-13-5-1-6-14-27)37(29-15-7-2-8-16-29,30-17-9-3-10-18-30)31-19-11-4-12-20-31/h1-25H/b32-25-. The molecule has 0 nitrogen and oxygen atoms in total. The normalized spacial score (nSPS) is 12.4. The van der Waals surface area contributed by atoms with Crippen molar-refractivity contribution in [3.05, 3.63) is 156 Å². The topological polar surface area (TPSA) is 0 Å². The van der Waals surface area contributed by atoms with Crippen LogP contribution in [0.1, 0.15) is 5.56 Å². The number of hydrogen-bond acceptors (Lipinski definition) is 0. The van der Waals surface area contributed by atoms with Crippen LogP contribution in [0.25, 0.3) is 17.2 Å². The van der Waals surface area contributed by atoms with Crippen molar-refractivity contribution in [1.82, 2.24) is 0 Å². The summed E-state index contributed by atoms with van der Waals surface area (Å²) in [6.45, 7) is 0. The van der Waals surface area contributed by atoms with E-state index in [0.29, 0.717) is 5.56 Å². The van der Waals surface area contributed by atoms with Gasteiger partial charge in [0.25, 0.3) is 0 Å². The van der Waals surface area contributed by atoms with E-state index in [9.17, 15) is 0 Å². The zero-order valence-electron chi connectivity index (χ0n) is 20.1. The van der Waals surface area contributed by atoms with Gasteiger partial charge in [0.15, 0.2) is 0 Å². The van der Waals surface area contributed by atoms with Crippen molar-refractivity contribution in [3.63, 3.8) is 0 Å². The number of halogens is 3. The second-order valence-electron chi connectivity index (χ2n) is 8.89. The van der Waals surface area contributed by atoms with Crippen molar-refractivity contribution < 1.29 is 13.2 Å². The third-order valence-corrected chi connectivity index (χ3v) is 16.8. The van der Waals surface area contributed by atoms with Gasteiger partial charge < -0.3 is 0 Å². The molecule has 0 radical (unpaired) electrons. The molecule has 0 aromatic heterocycles.